The zero-order valence-corrected chi connectivity index (χ0v) is 21.3. The molecule has 0 radical (unpaired) electrons. The van der Waals surface area contributed by atoms with E-state index in [1.54, 1.807) is 48.5 Å². The van der Waals surface area contributed by atoms with Gasteiger partial charge in [-0.2, -0.15) is 0 Å². The van der Waals surface area contributed by atoms with Crippen LogP contribution >= 0.6 is 11.6 Å². The Labute approximate surface area is 216 Å². The lowest BCUT2D eigenvalue weighted by Gasteiger charge is -2.26. The van der Waals surface area contributed by atoms with Gasteiger partial charge in [0.1, 0.15) is 18.1 Å². The Balaban J connectivity index is 1.64. The maximum absolute atomic E-state index is 13.1. The summed E-state index contributed by atoms with van der Waals surface area (Å²) in [6, 6.07) is 21.2. The molecule has 1 heterocycles. The molecule has 1 atom stereocenters. The van der Waals surface area contributed by atoms with Crippen LogP contribution in [0.3, 0.4) is 0 Å². The number of ether oxygens (including phenoxy) is 1. The number of carbonyl (C=O) groups is 2. The summed E-state index contributed by atoms with van der Waals surface area (Å²) in [4.78, 5) is 29.5. The standard InChI is InChI=1S/C29H29ClN2O4/c1-19-5-4-6-20(17-19)18-36-24-13-9-22(10-14-24)27(33)25-26(21-7-11-23(30)12-8-21)32(16-15-31(2)3)29(35)28(25)34/h4-14,17,26,33H,15-16,18H2,1-3H3/b27-25+/t26-/m1/s1. The summed E-state index contributed by atoms with van der Waals surface area (Å²) in [7, 11) is 3.80. The van der Waals surface area contributed by atoms with Crippen LogP contribution in [0.1, 0.15) is 28.3 Å². The van der Waals surface area contributed by atoms with Crippen LogP contribution in [-0.2, 0) is 16.2 Å². The topological polar surface area (TPSA) is 70.1 Å². The molecule has 7 heteroatoms. The number of likely N-dealkylation sites (tertiary alicyclic amines) is 1. The van der Waals surface area contributed by atoms with Crippen molar-refractivity contribution in [3.05, 3.63) is 106 Å². The molecule has 0 aliphatic carbocycles. The predicted octanol–water partition coefficient (Wildman–Crippen LogP) is 5.21. The van der Waals surface area contributed by atoms with Crippen LogP contribution in [0.5, 0.6) is 5.75 Å². The molecular weight excluding hydrogens is 476 g/mol. The number of aliphatic hydroxyl groups is 1. The van der Waals surface area contributed by atoms with Gasteiger partial charge in [0.05, 0.1) is 11.6 Å². The van der Waals surface area contributed by atoms with E-state index in [4.69, 9.17) is 16.3 Å². The van der Waals surface area contributed by atoms with Crippen molar-refractivity contribution in [2.24, 2.45) is 0 Å². The fraction of sp³-hybridized carbons (Fsp3) is 0.241. The molecule has 1 aliphatic heterocycles. The minimum absolute atomic E-state index is 0.0644. The second-order valence-electron chi connectivity index (χ2n) is 9.15. The van der Waals surface area contributed by atoms with Crippen LogP contribution in [-0.4, -0.2) is 53.8 Å². The maximum Gasteiger partial charge on any atom is 0.295 e. The minimum Gasteiger partial charge on any atom is -0.507 e. The van der Waals surface area contributed by atoms with Gasteiger partial charge in [0.25, 0.3) is 11.7 Å². The molecule has 6 nitrogen and oxygen atoms in total. The quantitative estimate of drug-likeness (QED) is 0.259. The summed E-state index contributed by atoms with van der Waals surface area (Å²) in [5.74, 6) is -0.915. The Morgan fingerprint density at radius 2 is 1.72 bits per heavy atom. The number of ketones is 1. The number of halogens is 1. The third-order valence-corrected chi connectivity index (χ3v) is 6.38. The largest absolute Gasteiger partial charge is 0.507 e. The van der Waals surface area contributed by atoms with E-state index in [2.05, 4.69) is 6.07 Å². The van der Waals surface area contributed by atoms with Crippen molar-refractivity contribution in [2.75, 3.05) is 27.2 Å². The number of nitrogens with zero attached hydrogens (tertiary/aromatic N) is 2. The van der Waals surface area contributed by atoms with E-state index in [0.717, 1.165) is 11.1 Å². The van der Waals surface area contributed by atoms with Gasteiger partial charge < -0.3 is 19.6 Å². The summed E-state index contributed by atoms with van der Waals surface area (Å²) >= 11 is 6.07. The van der Waals surface area contributed by atoms with E-state index in [-0.39, 0.29) is 11.3 Å². The monoisotopic (exact) mass is 504 g/mol. The van der Waals surface area contributed by atoms with Gasteiger partial charge in [0.15, 0.2) is 0 Å². The molecule has 0 unspecified atom stereocenters. The van der Waals surface area contributed by atoms with Gasteiger partial charge in [0.2, 0.25) is 0 Å². The smallest absolute Gasteiger partial charge is 0.295 e. The third kappa shape index (κ3) is 5.61. The van der Waals surface area contributed by atoms with Crippen molar-refractivity contribution >= 4 is 29.1 Å². The lowest BCUT2D eigenvalue weighted by molar-refractivity contribution is -0.140. The molecule has 1 aliphatic rings. The number of Topliss-reactive ketones (excluding diaryl/α,β-unsaturated/α-hetero) is 1. The van der Waals surface area contributed by atoms with E-state index in [1.165, 1.54) is 4.90 Å². The zero-order valence-electron chi connectivity index (χ0n) is 20.6. The van der Waals surface area contributed by atoms with Crippen molar-refractivity contribution in [2.45, 2.75) is 19.6 Å². The Bertz CT molecular complexity index is 1280. The number of hydrogen-bond donors (Lipinski definition) is 1. The third-order valence-electron chi connectivity index (χ3n) is 6.13. The first kappa shape index (κ1) is 25.5. The fourth-order valence-corrected chi connectivity index (χ4v) is 4.37. The van der Waals surface area contributed by atoms with E-state index >= 15 is 0 Å². The van der Waals surface area contributed by atoms with Crippen LogP contribution in [0, 0.1) is 6.92 Å². The van der Waals surface area contributed by atoms with Crippen molar-refractivity contribution in [3.8, 4) is 5.75 Å². The molecule has 1 saturated heterocycles. The van der Waals surface area contributed by atoms with Gasteiger partial charge in [-0.15, -0.1) is 0 Å². The first-order chi connectivity index (χ1) is 17.2. The molecule has 0 aromatic heterocycles. The molecule has 36 heavy (non-hydrogen) atoms. The average molecular weight is 505 g/mol. The number of amides is 1. The number of carbonyl (C=O) groups excluding carboxylic acids is 2. The van der Waals surface area contributed by atoms with E-state index in [9.17, 15) is 14.7 Å². The van der Waals surface area contributed by atoms with Gasteiger partial charge in [0, 0.05) is 23.7 Å². The highest BCUT2D eigenvalue weighted by Crippen LogP contribution is 2.39. The average Bonchev–Trinajstić information content (AvgIpc) is 3.11. The molecule has 1 amide bonds. The van der Waals surface area contributed by atoms with Gasteiger partial charge in [-0.1, -0.05) is 53.6 Å². The van der Waals surface area contributed by atoms with Crippen LogP contribution in [0.4, 0.5) is 0 Å². The van der Waals surface area contributed by atoms with E-state index in [0.29, 0.717) is 41.6 Å². The van der Waals surface area contributed by atoms with Gasteiger partial charge >= 0.3 is 0 Å². The van der Waals surface area contributed by atoms with Crippen LogP contribution in [0.15, 0.2) is 78.4 Å². The maximum atomic E-state index is 13.1. The highest BCUT2D eigenvalue weighted by molar-refractivity contribution is 6.46. The Morgan fingerprint density at radius 3 is 2.36 bits per heavy atom. The van der Waals surface area contributed by atoms with Crippen molar-refractivity contribution < 1.29 is 19.4 Å². The molecule has 0 bridgehead atoms. The number of aryl methyl sites for hydroxylation is 1. The Hall–Kier alpha value is -3.61. The molecular formula is C29H29ClN2O4. The Morgan fingerprint density at radius 1 is 1.03 bits per heavy atom. The second kappa shape index (κ2) is 11.0. The fourth-order valence-electron chi connectivity index (χ4n) is 4.24. The molecule has 1 N–H and O–H groups in total. The van der Waals surface area contributed by atoms with Crippen molar-refractivity contribution in [1.82, 2.24) is 9.80 Å². The zero-order chi connectivity index (χ0) is 25.8. The summed E-state index contributed by atoms with van der Waals surface area (Å²) in [5.41, 5.74) is 3.42. The van der Waals surface area contributed by atoms with Crippen molar-refractivity contribution in [3.63, 3.8) is 0 Å². The lowest BCUT2D eigenvalue weighted by Crippen LogP contribution is -2.35. The van der Waals surface area contributed by atoms with Gasteiger partial charge in [-0.25, -0.2) is 0 Å². The number of benzene rings is 3. The highest BCUT2D eigenvalue weighted by Gasteiger charge is 2.45. The molecule has 1 fully saturated rings. The number of likely N-dealkylation sites (N-methyl/N-ethyl adjacent to an activating group) is 1. The molecule has 4 rings (SSSR count). The highest BCUT2D eigenvalue weighted by atomic mass is 35.5. The van der Waals surface area contributed by atoms with Gasteiger partial charge in [-0.3, -0.25) is 9.59 Å². The number of aliphatic hydroxyl groups excluding tert-OH is 1. The summed E-state index contributed by atoms with van der Waals surface area (Å²) in [6.45, 7) is 3.36. The van der Waals surface area contributed by atoms with Crippen molar-refractivity contribution in [1.29, 1.82) is 0 Å². The normalized spacial score (nSPS) is 17.1. The summed E-state index contributed by atoms with van der Waals surface area (Å²) < 4.78 is 5.87. The van der Waals surface area contributed by atoms with Crippen LogP contribution < -0.4 is 4.74 Å². The summed E-state index contributed by atoms with van der Waals surface area (Å²) in [5, 5.41) is 11.8. The predicted molar refractivity (Wildman–Crippen MR) is 141 cm³/mol. The second-order valence-corrected chi connectivity index (χ2v) is 9.59. The van der Waals surface area contributed by atoms with Crippen LogP contribution in [0.2, 0.25) is 5.02 Å². The lowest BCUT2D eigenvalue weighted by atomic mass is 9.95. The van der Waals surface area contributed by atoms with E-state index in [1.807, 2.05) is 44.1 Å². The molecule has 3 aromatic rings. The first-order valence-electron chi connectivity index (χ1n) is 11.7. The van der Waals surface area contributed by atoms with E-state index < -0.39 is 17.7 Å². The molecule has 0 saturated carbocycles. The minimum atomic E-state index is -0.709. The molecule has 3 aromatic carbocycles. The van der Waals surface area contributed by atoms with Gasteiger partial charge in [-0.05, 0) is 68.5 Å². The summed E-state index contributed by atoms with van der Waals surface area (Å²) in [6.07, 6.45) is 0. The first-order valence-corrected chi connectivity index (χ1v) is 12.1. The Kier molecular flexibility index (Phi) is 7.77. The molecule has 0 spiro atoms. The number of rotatable bonds is 8. The molecule has 186 valence electrons. The SMILES string of the molecule is Cc1cccc(COc2ccc(/C(O)=C3\C(=O)C(=O)N(CCN(C)C)[C@@H]3c3ccc(Cl)cc3)cc2)c1. The van der Waals surface area contributed by atoms with Crippen LogP contribution in [0.25, 0.3) is 5.76 Å². The number of hydrogen-bond acceptors (Lipinski definition) is 5.